The largest absolute Gasteiger partial charge is 0.484 e. The first-order valence-electron chi connectivity index (χ1n) is 10.3. The molecule has 0 bridgehead atoms. The van der Waals surface area contributed by atoms with Gasteiger partial charge in [0.25, 0.3) is 17.7 Å². The van der Waals surface area contributed by atoms with Crippen molar-refractivity contribution in [1.29, 1.82) is 0 Å². The number of imide groups is 2. The number of carbonyl (C=O) groups excluding carboxylic acids is 4. The van der Waals surface area contributed by atoms with Gasteiger partial charge in [-0.15, -0.1) is 0 Å². The third-order valence-electron chi connectivity index (χ3n) is 4.87. The summed E-state index contributed by atoms with van der Waals surface area (Å²) < 4.78 is 32.3. The Labute approximate surface area is 197 Å². The maximum absolute atomic E-state index is 13.7. The average molecular weight is 477 g/mol. The maximum atomic E-state index is 13.7. The highest BCUT2D eigenvalue weighted by molar-refractivity contribution is 6.39. The number of halogens is 2. The van der Waals surface area contributed by atoms with Crippen LogP contribution in [0.25, 0.3) is 6.08 Å². The number of carbonyl (C=O) groups is 4. The maximum Gasteiger partial charge on any atom is 0.335 e. The Bertz CT molecular complexity index is 1360. The molecule has 10 heteroatoms. The van der Waals surface area contributed by atoms with Crippen LogP contribution in [0.1, 0.15) is 5.56 Å². The van der Waals surface area contributed by atoms with Gasteiger partial charge in [0.2, 0.25) is 0 Å². The summed E-state index contributed by atoms with van der Waals surface area (Å²) in [6.45, 7) is -0.416. The van der Waals surface area contributed by atoms with Crippen LogP contribution in [0.3, 0.4) is 0 Å². The Morgan fingerprint density at radius 3 is 2.46 bits per heavy atom. The minimum absolute atomic E-state index is 0.0154. The Morgan fingerprint density at radius 1 is 0.971 bits per heavy atom. The molecule has 35 heavy (non-hydrogen) atoms. The molecule has 3 aromatic carbocycles. The van der Waals surface area contributed by atoms with Crippen molar-refractivity contribution in [2.75, 3.05) is 16.8 Å². The lowest BCUT2D eigenvalue weighted by Crippen LogP contribution is -2.54. The minimum Gasteiger partial charge on any atom is -0.484 e. The number of hydrogen-bond donors (Lipinski definition) is 2. The number of anilines is 2. The molecule has 5 amide bonds. The molecule has 0 aliphatic carbocycles. The van der Waals surface area contributed by atoms with E-state index in [-0.39, 0.29) is 22.7 Å². The van der Waals surface area contributed by atoms with Crippen molar-refractivity contribution >= 4 is 41.2 Å². The number of hydrogen-bond acceptors (Lipinski definition) is 5. The number of benzene rings is 3. The first kappa shape index (κ1) is 23.3. The summed E-state index contributed by atoms with van der Waals surface area (Å²) in [5.41, 5.74) is 0.152. The standard InChI is InChI=1S/C25H17F2N3O5/c26-16-8-10-17(11-9-16)30-24(33)19(23(32)29-25(30)34)13-15-4-3-5-18(12-15)35-14-22(31)28-21-7-2-1-6-20(21)27/h1-13H,14H2,(H,28,31)(H,29,32,34)/b19-13+. The van der Waals surface area contributed by atoms with Gasteiger partial charge in [-0.05, 0) is 60.2 Å². The van der Waals surface area contributed by atoms with Crippen LogP contribution in [0.15, 0.2) is 78.4 Å². The number of rotatable bonds is 6. The molecule has 176 valence electrons. The molecule has 1 heterocycles. The van der Waals surface area contributed by atoms with E-state index in [9.17, 15) is 28.0 Å². The molecular weight excluding hydrogens is 460 g/mol. The van der Waals surface area contributed by atoms with Crippen LogP contribution >= 0.6 is 0 Å². The Hall–Kier alpha value is -4.86. The summed E-state index contributed by atoms with van der Waals surface area (Å²) in [6.07, 6.45) is 1.26. The van der Waals surface area contributed by atoms with E-state index in [4.69, 9.17) is 4.74 Å². The zero-order valence-electron chi connectivity index (χ0n) is 18.0. The van der Waals surface area contributed by atoms with Crippen molar-refractivity contribution < 1.29 is 32.7 Å². The van der Waals surface area contributed by atoms with Crippen molar-refractivity contribution in [2.45, 2.75) is 0 Å². The van der Waals surface area contributed by atoms with Crippen molar-refractivity contribution in [3.63, 3.8) is 0 Å². The van der Waals surface area contributed by atoms with Gasteiger partial charge >= 0.3 is 6.03 Å². The SMILES string of the molecule is O=C(COc1cccc(/C=C2\C(=O)NC(=O)N(c3ccc(F)cc3)C2=O)c1)Nc1ccccc1F. The zero-order chi connectivity index (χ0) is 24.9. The lowest BCUT2D eigenvalue weighted by molar-refractivity contribution is -0.122. The lowest BCUT2D eigenvalue weighted by atomic mass is 10.1. The second-order valence-electron chi connectivity index (χ2n) is 7.32. The number of barbiturate groups is 1. The summed E-state index contributed by atoms with van der Waals surface area (Å²) in [6, 6.07) is 15.5. The molecular formula is C25H17F2N3O5. The van der Waals surface area contributed by atoms with Gasteiger partial charge in [0, 0.05) is 0 Å². The van der Waals surface area contributed by atoms with E-state index < -0.39 is 42.0 Å². The Morgan fingerprint density at radius 2 is 1.71 bits per heavy atom. The van der Waals surface area contributed by atoms with Crippen LogP contribution in [0.5, 0.6) is 5.75 Å². The summed E-state index contributed by atoms with van der Waals surface area (Å²) >= 11 is 0. The van der Waals surface area contributed by atoms with Crippen LogP contribution in [0, 0.1) is 11.6 Å². The molecule has 1 aliphatic rings. The molecule has 4 rings (SSSR count). The molecule has 8 nitrogen and oxygen atoms in total. The quantitative estimate of drug-likeness (QED) is 0.417. The second-order valence-corrected chi connectivity index (χ2v) is 7.32. The van der Waals surface area contributed by atoms with Gasteiger partial charge in [-0.3, -0.25) is 19.7 Å². The van der Waals surface area contributed by atoms with Crippen LogP contribution in [0.2, 0.25) is 0 Å². The third-order valence-corrected chi connectivity index (χ3v) is 4.87. The van der Waals surface area contributed by atoms with Gasteiger partial charge in [-0.25, -0.2) is 18.5 Å². The molecule has 1 saturated heterocycles. The third kappa shape index (κ3) is 5.38. The van der Waals surface area contributed by atoms with Gasteiger partial charge in [0.05, 0.1) is 11.4 Å². The second kappa shape index (κ2) is 9.96. The predicted molar refractivity (Wildman–Crippen MR) is 122 cm³/mol. The predicted octanol–water partition coefficient (Wildman–Crippen LogP) is 3.65. The van der Waals surface area contributed by atoms with Gasteiger partial charge in [0.1, 0.15) is 23.0 Å². The van der Waals surface area contributed by atoms with Gasteiger partial charge in [-0.1, -0.05) is 24.3 Å². The molecule has 0 atom stereocenters. The molecule has 2 N–H and O–H groups in total. The van der Waals surface area contributed by atoms with Crippen molar-refractivity contribution in [2.24, 2.45) is 0 Å². The first-order chi connectivity index (χ1) is 16.8. The minimum atomic E-state index is -0.957. The fourth-order valence-corrected chi connectivity index (χ4v) is 3.24. The number of amides is 5. The highest BCUT2D eigenvalue weighted by Crippen LogP contribution is 2.23. The number of nitrogens with zero attached hydrogens (tertiary/aromatic N) is 1. The number of ether oxygens (including phenoxy) is 1. The van der Waals surface area contributed by atoms with E-state index in [0.29, 0.717) is 5.56 Å². The van der Waals surface area contributed by atoms with E-state index >= 15 is 0 Å². The molecule has 0 spiro atoms. The van der Waals surface area contributed by atoms with Crippen LogP contribution < -0.4 is 20.3 Å². The number of urea groups is 1. The van der Waals surface area contributed by atoms with Crippen LogP contribution in [-0.2, 0) is 14.4 Å². The lowest BCUT2D eigenvalue weighted by Gasteiger charge is -2.26. The number of nitrogens with one attached hydrogen (secondary N) is 2. The fourth-order valence-electron chi connectivity index (χ4n) is 3.24. The fraction of sp³-hybridized carbons (Fsp3) is 0.0400. The molecule has 1 aliphatic heterocycles. The summed E-state index contributed by atoms with van der Waals surface area (Å²) in [4.78, 5) is 50.3. The molecule has 0 radical (unpaired) electrons. The van der Waals surface area contributed by atoms with E-state index in [1.807, 2.05) is 0 Å². The number of para-hydroxylation sites is 1. The highest BCUT2D eigenvalue weighted by atomic mass is 19.1. The van der Waals surface area contributed by atoms with Crippen molar-refractivity contribution in [3.8, 4) is 5.75 Å². The molecule has 0 saturated carbocycles. The molecule has 0 aromatic heterocycles. The van der Waals surface area contributed by atoms with Crippen LogP contribution in [0.4, 0.5) is 25.0 Å². The smallest absolute Gasteiger partial charge is 0.335 e. The molecule has 3 aromatic rings. The Balaban J connectivity index is 1.49. The molecule has 0 unspecified atom stereocenters. The van der Waals surface area contributed by atoms with E-state index in [0.717, 1.165) is 17.0 Å². The van der Waals surface area contributed by atoms with E-state index in [1.165, 1.54) is 42.5 Å². The van der Waals surface area contributed by atoms with E-state index in [1.54, 1.807) is 24.3 Å². The van der Waals surface area contributed by atoms with Crippen molar-refractivity contribution in [3.05, 3.63) is 95.6 Å². The monoisotopic (exact) mass is 477 g/mol. The summed E-state index contributed by atoms with van der Waals surface area (Å²) in [5.74, 6) is -3.26. The van der Waals surface area contributed by atoms with Gasteiger partial charge in [-0.2, -0.15) is 0 Å². The van der Waals surface area contributed by atoms with E-state index in [2.05, 4.69) is 10.6 Å². The topological polar surface area (TPSA) is 105 Å². The summed E-state index contributed by atoms with van der Waals surface area (Å²) in [7, 11) is 0. The average Bonchev–Trinajstić information content (AvgIpc) is 2.83. The van der Waals surface area contributed by atoms with Gasteiger partial charge in [0.15, 0.2) is 6.61 Å². The highest BCUT2D eigenvalue weighted by Gasteiger charge is 2.36. The first-order valence-corrected chi connectivity index (χ1v) is 10.3. The Kier molecular flexibility index (Phi) is 6.63. The summed E-state index contributed by atoms with van der Waals surface area (Å²) in [5, 5.41) is 4.47. The normalized spacial score (nSPS) is 14.6. The molecule has 1 fully saturated rings. The zero-order valence-corrected chi connectivity index (χ0v) is 18.0. The van der Waals surface area contributed by atoms with Gasteiger partial charge < -0.3 is 10.1 Å². The van der Waals surface area contributed by atoms with Crippen molar-refractivity contribution in [1.82, 2.24) is 5.32 Å². The van der Waals surface area contributed by atoms with Crippen LogP contribution in [-0.4, -0.2) is 30.4 Å².